The van der Waals surface area contributed by atoms with Crippen LogP contribution in [0.2, 0.25) is 0 Å². The van der Waals surface area contributed by atoms with E-state index >= 15 is 0 Å². The first-order valence-corrected chi connectivity index (χ1v) is 7.23. The Hall–Kier alpha value is -2.69. The summed E-state index contributed by atoms with van der Waals surface area (Å²) in [4.78, 5) is 22.8. The highest BCUT2D eigenvalue weighted by atomic mass is 16.6. The standard InChI is InChI=1S/C17H16N2O3/c20-16(13-6-4-9-15(12-13)19(21)22)18-17(10-5-11-17)14-7-2-1-3-8-14/h1-4,6-9,12H,5,10-11H2,(H,18,20). The number of nitro groups is 1. The van der Waals surface area contributed by atoms with E-state index in [1.165, 1.54) is 18.2 Å². The first-order chi connectivity index (χ1) is 10.6. The highest BCUT2D eigenvalue weighted by Gasteiger charge is 2.40. The second-order valence-corrected chi connectivity index (χ2v) is 5.56. The van der Waals surface area contributed by atoms with E-state index in [1.54, 1.807) is 6.07 Å². The molecule has 0 unspecified atom stereocenters. The van der Waals surface area contributed by atoms with Crippen molar-refractivity contribution >= 4 is 11.6 Å². The average molecular weight is 296 g/mol. The van der Waals surface area contributed by atoms with Gasteiger partial charge in [0.1, 0.15) is 0 Å². The number of benzene rings is 2. The van der Waals surface area contributed by atoms with E-state index in [-0.39, 0.29) is 17.1 Å². The van der Waals surface area contributed by atoms with Crippen molar-refractivity contribution in [2.75, 3.05) is 0 Å². The van der Waals surface area contributed by atoms with Crippen molar-refractivity contribution in [2.24, 2.45) is 0 Å². The molecule has 0 spiro atoms. The van der Waals surface area contributed by atoms with E-state index in [9.17, 15) is 14.9 Å². The molecule has 0 saturated heterocycles. The molecule has 1 aliphatic rings. The van der Waals surface area contributed by atoms with Crippen molar-refractivity contribution in [3.63, 3.8) is 0 Å². The molecule has 1 amide bonds. The summed E-state index contributed by atoms with van der Waals surface area (Å²) in [5.41, 5.74) is 0.981. The molecule has 5 heteroatoms. The van der Waals surface area contributed by atoms with Crippen LogP contribution in [0.15, 0.2) is 54.6 Å². The molecule has 112 valence electrons. The molecular formula is C17H16N2O3. The molecule has 1 N–H and O–H groups in total. The maximum Gasteiger partial charge on any atom is 0.270 e. The summed E-state index contributed by atoms with van der Waals surface area (Å²) >= 11 is 0. The van der Waals surface area contributed by atoms with Crippen LogP contribution < -0.4 is 5.32 Å². The van der Waals surface area contributed by atoms with Gasteiger partial charge in [-0.25, -0.2) is 0 Å². The van der Waals surface area contributed by atoms with Crippen molar-refractivity contribution in [1.82, 2.24) is 5.32 Å². The van der Waals surface area contributed by atoms with Gasteiger partial charge in [-0.2, -0.15) is 0 Å². The molecular weight excluding hydrogens is 280 g/mol. The van der Waals surface area contributed by atoms with Crippen LogP contribution in [0.1, 0.15) is 35.2 Å². The summed E-state index contributed by atoms with van der Waals surface area (Å²) in [6, 6.07) is 15.7. The number of nitro benzene ring substituents is 1. The first-order valence-electron chi connectivity index (χ1n) is 7.23. The van der Waals surface area contributed by atoms with Crippen LogP contribution in [-0.2, 0) is 5.54 Å². The average Bonchev–Trinajstić information content (AvgIpc) is 2.51. The number of amides is 1. The molecule has 2 aromatic carbocycles. The van der Waals surface area contributed by atoms with E-state index in [2.05, 4.69) is 5.32 Å². The molecule has 2 aromatic rings. The largest absolute Gasteiger partial charge is 0.343 e. The van der Waals surface area contributed by atoms with Crippen LogP contribution in [0.4, 0.5) is 5.69 Å². The summed E-state index contributed by atoms with van der Waals surface area (Å²) in [5.74, 6) is -0.271. The van der Waals surface area contributed by atoms with Crippen molar-refractivity contribution in [3.8, 4) is 0 Å². The summed E-state index contributed by atoms with van der Waals surface area (Å²) in [7, 11) is 0. The molecule has 1 aliphatic carbocycles. The SMILES string of the molecule is O=C(NC1(c2ccccc2)CCC1)c1cccc([N+](=O)[O-])c1. The van der Waals surface area contributed by atoms with Gasteiger partial charge in [0.25, 0.3) is 11.6 Å². The van der Waals surface area contributed by atoms with E-state index in [1.807, 2.05) is 30.3 Å². The van der Waals surface area contributed by atoms with Gasteiger partial charge in [-0.15, -0.1) is 0 Å². The Morgan fingerprint density at radius 3 is 2.41 bits per heavy atom. The Bertz CT molecular complexity index is 709. The molecule has 0 radical (unpaired) electrons. The van der Waals surface area contributed by atoms with Gasteiger partial charge < -0.3 is 5.32 Å². The minimum Gasteiger partial charge on any atom is -0.343 e. The maximum atomic E-state index is 12.5. The predicted octanol–water partition coefficient (Wildman–Crippen LogP) is 3.40. The minimum atomic E-state index is -0.493. The molecule has 3 rings (SSSR count). The molecule has 0 aliphatic heterocycles. The number of carbonyl (C=O) groups excluding carboxylic acids is 1. The lowest BCUT2D eigenvalue weighted by molar-refractivity contribution is -0.384. The summed E-state index contributed by atoms with van der Waals surface area (Å²) in [5, 5.41) is 13.9. The van der Waals surface area contributed by atoms with Crippen LogP contribution in [0, 0.1) is 10.1 Å². The fourth-order valence-corrected chi connectivity index (χ4v) is 2.82. The van der Waals surface area contributed by atoms with Crippen LogP contribution in [0.3, 0.4) is 0 Å². The van der Waals surface area contributed by atoms with Crippen molar-refractivity contribution in [1.29, 1.82) is 0 Å². The quantitative estimate of drug-likeness (QED) is 0.694. The molecule has 0 heterocycles. The number of carbonyl (C=O) groups is 1. The van der Waals surface area contributed by atoms with Gasteiger partial charge in [0.15, 0.2) is 0 Å². The van der Waals surface area contributed by atoms with Crippen LogP contribution in [0.25, 0.3) is 0 Å². The van der Waals surface area contributed by atoms with Gasteiger partial charge in [0, 0.05) is 17.7 Å². The first kappa shape index (κ1) is 14.3. The summed E-state index contributed by atoms with van der Waals surface area (Å²) in [6.07, 6.45) is 2.83. The highest BCUT2D eigenvalue weighted by Crippen LogP contribution is 2.41. The fourth-order valence-electron chi connectivity index (χ4n) is 2.82. The Kier molecular flexibility index (Phi) is 3.63. The molecule has 1 saturated carbocycles. The fraction of sp³-hybridized carbons (Fsp3) is 0.235. The van der Waals surface area contributed by atoms with Crippen LogP contribution in [-0.4, -0.2) is 10.8 Å². The normalized spacial score (nSPS) is 15.6. The predicted molar refractivity (Wildman–Crippen MR) is 82.5 cm³/mol. The number of rotatable bonds is 4. The lowest BCUT2D eigenvalue weighted by Crippen LogP contribution is -2.50. The zero-order chi connectivity index (χ0) is 15.6. The van der Waals surface area contributed by atoms with Crippen molar-refractivity contribution in [3.05, 3.63) is 75.8 Å². The van der Waals surface area contributed by atoms with Gasteiger partial charge in [0.05, 0.1) is 10.5 Å². The zero-order valence-corrected chi connectivity index (χ0v) is 12.0. The Labute approximate surface area is 128 Å². The van der Waals surface area contributed by atoms with Gasteiger partial charge in [-0.3, -0.25) is 14.9 Å². The lowest BCUT2D eigenvalue weighted by Gasteiger charge is -2.43. The third kappa shape index (κ3) is 2.57. The second kappa shape index (κ2) is 5.60. The van der Waals surface area contributed by atoms with Gasteiger partial charge in [0.2, 0.25) is 0 Å². The molecule has 22 heavy (non-hydrogen) atoms. The van der Waals surface area contributed by atoms with Gasteiger partial charge in [-0.1, -0.05) is 36.4 Å². The third-order valence-electron chi connectivity index (χ3n) is 4.21. The van der Waals surface area contributed by atoms with Crippen LogP contribution in [0.5, 0.6) is 0 Å². The number of nitrogens with one attached hydrogen (secondary N) is 1. The maximum absolute atomic E-state index is 12.5. The number of nitrogens with zero attached hydrogens (tertiary/aromatic N) is 1. The van der Waals surface area contributed by atoms with Crippen molar-refractivity contribution < 1.29 is 9.72 Å². The molecule has 0 aromatic heterocycles. The van der Waals surface area contributed by atoms with Gasteiger partial charge >= 0.3 is 0 Å². The Morgan fingerprint density at radius 1 is 1.09 bits per heavy atom. The van der Waals surface area contributed by atoms with E-state index in [0.717, 1.165) is 24.8 Å². The number of hydrogen-bond acceptors (Lipinski definition) is 3. The topological polar surface area (TPSA) is 72.2 Å². The Morgan fingerprint density at radius 2 is 1.82 bits per heavy atom. The molecule has 0 atom stereocenters. The zero-order valence-electron chi connectivity index (χ0n) is 12.0. The van der Waals surface area contributed by atoms with Crippen LogP contribution >= 0.6 is 0 Å². The third-order valence-corrected chi connectivity index (χ3v) is 4.21. The summed E-state index contributed by atoms with van der Waals surface area (Å²) < 4.78 is 0. The van der Waals surface area contributed by atoms with Gasteiger partial charge in [-0.05, 0) is 30.9 Å². The molecule has 5 nitrogen and oxygen atoms in total. The second-order valence-electron chi connectivity index (χ2n) is 5.56. The molecule has 0 bridgehead atoms. The smallest absolute Gasteiger partial charge is 0.270 e. The molecule has 1 fully saturated rings. The number of hydrogen-bond donors (Lipinski definition) is 1. The van der Waals surface area contributed by atoms with Crippen molar-refractivity contribution in [2.45, 2.75) is 24.8 Å². The Balaban J connectivity index is 1.84. The minimum absolute atomic E-state index is 0.0741. The number of non-ortho nitro benzene ring substituents is 1. The lowest BCUT2D eigenvalue weighted by atomic mass is 9.71. The van der Waals surface area contributed by atoms with E-state index in [4.69, 9.17) is 0 Å². The monoisotopic (exact) mass is 296 g/mol. The van der Waals surface area contributed by atoms with E-state index in [0.29, 0.717) is 5.56 Å². The van der Waals surface area contributed by atoms with E-state index < -0.39 is 4.92 Å². The summed E-state index contributed by atoms with van der Waals surface area (Å²) in [6.45, 7) is 0. The highest BCUT2D eigenvalue weighted by molar-refractivity contribution is 5.95.